The number of hydrogen-bond acceptors (Lipinski definition) is 2. The van der Waals surface area contributed by atoms with Crippen LogP contribution in [0.25, 0.3) is 0 Å². The largest absolute Gasteiger partial charge is 0.488 e. The van der Waals surface area contributed by atoms with E-state index in [2.05, 4.69) is 15.9 Å². The Bertz CT molecular complexity index is 616. The summed E-state index contributed by atoms with van der Waals surface area (Å²) in [5, 5.41) is 0.422. The van der Waals surface area contributed by atoms with Gasteiger partial charge in [0.05, 0.1) is 5.56 Å². The minimum Gasteiger partial charge on any atom is -0.488 e. The maximum atomic E-state index is 13.1. The first-order valence-corrected chi connectivity index (χ1v) is 6.58. The SMILES string of the molecule is O=Cc1cc(Br)ccc1OCc1cc(F)ccc1Cl. The zero-order valence-corrected chi connectivity index (χ0v) is 12.0. The number of carbonyl (C=O) groups is 1. The molecule has 0 heterocycles. The van der Waals surface area contributed by atoms with E-state index in [1.54, 1.807) is 18.2 Å². The lowest BCUT2D eigenvalue weighted by atomic mass is 10.2. The molecule has 0 aliphatic rings. The molecule has 0 aromatic heterocycles. The third-order valence-electron chi connectivity index (χ3n) is 2.49. The normalized spacial score (nSPS) is 10.3. The molecule has 0 N–H and O–H groups in total. The molecule has 0 radical (unpaired) electrons. The molecule has 0 amide bonds. The molecule has 5 heteroatoms. The highest BCUT2D eigenvalue weighted by atomic mass is 79.9. The van der Waals surface area contributed by atoms with Crippen LogP contribution in [0.5, 0.6) is 5.75 Å². The van der Waals surface area contributed by atoms with Crippen LogP contribution in [0.1, 0.15) is 15.9 Å². The van der Waals surface area contributed by atoms with E-state index < -0.39 is 0 Å². The Morgan fingerprint density at radius 1 is 1.26 bits per heavy atom. The Morgan fingerprint density at radius 3 is 2.79 bits per heavy atom. The maximum absolute atomic E-state index is 13.1. The van der Waals surface area contributed by atoms with Crippen molar-refractivity contribution in [3.05, 3.63) is 62.8 Å². The van der Waals surface area contributed by atoms with E-state index in [4.69, 9.17) is 16.3 Å². The average Bonchev–Trinajstić information content (AvgIpc) is 2.40. The van der Waals surface area contributed by atoms with Crippen LogP contribution < -0.4 is 4.74 Å². The number of ether oxygens (including phenoxy) is 1. The van der Waals surface area contributed by atoms with E-state index in [1.165, 1.54) is 18.2 Å². The topological polar surface area (TPSA) is 26.3 Å². The molecule has 2 aromatic carbocycles. The lowest BCUT2D eigenvalue weighted by Gasteiger charge is -2.10. The fourth-order valence-corrected chi connectivity index (χ4v) is 2.10. The molecule has 0 unspecified atom stereocenters. The molecule has 0 aliphatic carbocycles. The van der Waals surface area contributed by atoms with E-state index in [-0.39, 0.29) is 12.4 Å². The van der Waals surface area contributed by atoms with Gasteiger partial charge in [0, 0.05) is 15.1 Å². The first kappa shape index (κ1) is 14.0. The zero-order valence-electron chi connectivity index (χ0n) is 9.70. The number of halogens is 3. The first-order chi connectivity index (χ1) is 9.10. The van der Waals surface area contributed by atoms with E-state index in [9.17, 15) is 9.18 Å². The van der Waals surface area contributed by atoms with Crippen molar-refractivity contribution in [2.75, 3.05) is 0 Å². The predicted octanol–water partition coefficient (Wildman–Crippen LogP) is 4.63. The summed E-state index contributed by atoms with van der Waals surface area (Å²) in [6.45, 7) is 0.0963. The van der Waals surface area contributed by atoms with Crippen molar-refractivity contribution < 1.29 is 13.9 Å². The molecule has 0 fully saturated rings. The first-order valence-electron chi connectivity index (χ1n) is 5.41. The number of rotatable bonds is 4. The molecule has 0 saturated heterocycles. The smallest absolute Gasteiger partial charge is 0.153 e. The molecule has 0 bridgehead atoms. The summed E-state index contributed by atoms with van der Waals surface area (Å²) in [4.78, 5) is 10.9. The lowest BCUT2D eigenvalue weighted by Crippen LogP contribution is -1.99. The van der Waals surface area contributed by atoms with Gasteiger partial charge < -0.3 is 4.74 Å². The molecule has 19 heavy (non-hydrogen) atoms. The highest BCUT2D eigenvalue weighted by molar-refractivity contribution is 9.10. The van der Waals surface area contributed by atoms with E-state index in [0.717, 1.165) is 4.47 Å². The minimum absolute atomic E-state index is 0.0963. The van der Waals surface area contributed by atoms with Gasteiger partial charge >= 0.3 is 0 Å². The number of aldehydes is 1. The fourth-order valence-electron chi connectivity index (χ4n) is 1.55. The Labute approximate surface area is 123 Å². The lowest BCUT2D eigenvalue weighted by molar-refractivity contribution is 0.111. The van der Waals surface area contributed by atoms with Crippen molar-refractivity contribution in [3.63, 3.8) is 0 Å². The van der Waals surface area contributed by atoms with Gasteiger partial charge in [-0.15, -0.1) is 0 Å². The van der Waals surface area contributed by atoms with E-state index >= 15 is 0 Å². The van der Waals surface area contributed by atoms with Gasteiger partial charge in [-0.1, -0.05) is 27.5 Å². The van der Waals surface area contributed by atoms with Crippen LogP contribution in [0.15, 0.2) is 40.9 Å². The molecule has 0 spiro atoms. The van der Waals surface area contributed by atoms with Crippen LogP contribution in [-0.4, -0.2) is 6.29 Å². The second-order valence-electron chi connectivity index (χ2n) is 3.82. The predicted molar refractivity (Wildman–Crippen MR) is 75.3 cm³/mol. The zero-order chi connectivity index (χ0) is 13.8. The Kier molecular flexibility index (Phi) is 4.56. The summed E-state index contributed by atoms with van der Waals surface area (Å²) < 4.78 is 19.4. The van der Waals surface area contributed by atoms with E-state index in [1.807, 2.05) is 0 Å². The summed E-state index contributed by atoms with van der Waals surface area (Å²) in [5.74, 6) is 0.0490. The van der Waals surface area contributed by atoms with Crippen LogP contribution in [0, 0.1) is 5.82 Å². The number of hydrogen-bond donors (Lipinski definition) is 0. The molecule has 0 atom stereocenters. The van der Waals surface area contributed by atoms with Gasteiger partial charge in [0.15, 0.2) is 6.29 Å². The van der Waals surface area contributed by atoms with Crippen molar-refractivity contribution in [2.45, 2.75) is 6.61 Å². The third kappa shape index (κ3) is 3.55. The molecule has 98 valence electrons. The van der Waals surface area contributed by atoms with Gasteiger partial charge in [-0.3, -0.25) is 4.79 Å². The second-order valence-corrected chi connectivity index (χ2v) is 5.15. The number of carbonyl (C=O) groups excluding carboxylic acids is 1. The van der Waals surface area contributed by atoms with Gasteiger partial charge in [-0.05, 0) is 36.4 Å². The monoisotopic (exact) mass is 342 g/mol. The van der Waals surface area contributed by atoms with Crippen molar-refractivity contribution in [1.82, 2.24) is 0 Å². The van der Waals surface area contributed by atoms with Crippen LogP contribution in [0.2, 0.25) is 5.02 Å². The number of benzene rings is 2. The molecular weight excluding hydrogens is 335 g/mol. The highest BCUT2D eigenvalue weighted by Gasteiger charge is 2.07. The molecule has 2 nitrogen and oxygen atoms in total. The molecule has 2 aromatic rings. The van der Waals surface area contributed by atoms with Crippen LogP contribution >= 0.6 is 27.5 Å². The molecular formula is C14H9BrClFO2. The second kappa shape index (κ2) is 6.17. The van der Waals surface area contributed by atoms with Crippen molar-refractivity contribution in [3.8, 4) is 5.75 Å². The third-order valence-corrected chi connectivity index (χ3v) is 3.35. The molecule has 2 rings (SSSR count). The van der Waals surface area contributed by atoms with Crippen LogP contribution in [0.4, 0.5) is 4.39 Å². The fraction of sp³-hybridized carbons (Fsp3) is 0.0714. The summed E-state index contributed by atoms with van der Waals surface area (Å²) >= 11 is 9.21. The van der Waals surface area contributed by atoms with Gasteiger partial charge in [-0.25, -0.2) is 4.39 Å². The van der Waals surface area contributed by atoms with Crippen molar-refractivity contribution in [2.24, 2.45) is 0 Å². The minimum atomic E-state index is -0.380. The summed E-state index contributed by atoms with van der Waals surface area (Å²) in [6.07, 6.45) is 0.702. The summed E-state index contributed by atoms with van der Waals surface area (Å²) in [5.41, 5.74) is 0.948. The Balaban J connectivity index is 2.18. The van der Waals surface area contributed by atoms with Crippen molar-refractivity contribution >= 4 is 33.8 Å². The molecule has 0 saturated carbocycles. The van der Waals surface area contributed by atoms with Crippen LogP contribution in [-0.2, 0) is 6.61 Å². The Hall–Kier alpha value is -1.39. The summed E-state index contributed by atoms with van der Waals surface area (Å²) in [7, 11) is 0. The average molecular weight is 344 g/mol. The van der Waals surface area contributed by atoms with E-state index in [0.29, 0.717) is 28.2 Å². The van der Waals surface area contributed by atoms with Gasteiger partial charge in [0.1, 0.15) is 18.2 Å². The Morgan fingerprint density at radius 2 is 2.05 bits per heavy atom. The van der Waals surface area contributed by atoms with Crippen LogP contribution in [0.3, 0.4) is 0 Å². The van der Waals surface area contributed by atoms with Gasteiger partial charge in [0.2, 0.25) is 0 Å². The van der Waals surface area contributed by atoms with Crippen molar-refractivity contribution in [1.29, 1.82) is 0 Å². The standard InChI is InChI=1S/C14H9BrClFO2/c15-11-1-4-14(9(5-11)7-18)19-8-10-6-12(17)2-3-13(10)16/h1-7H,8H2. The quantitative estimate of drug-likeness (QED) is 0.756. The van der Waals surface area contributed by atoms with Gasteiger partial charge in [-0.2, -0.15) is 0 Å². The summed E-state index contributed by atoms with van der Waals surface area (Å²) in [6, 6.07) is 9.13. The highest BCUT2D eigenvalue weighted by Crippen LogP contribution is 2.24. The maximum Gasteiger partial charge on any atom is 0.153 e. The van der Waals surface area contributed by atoms with Gasteiger partial charge in [0.25, 0.3) is 0 Å². The molecule has 0 aliphatic heterocycles.